The van der Waals surface area contributed by atoms with Crippen LogP contribution in [0, 0.1) is 12.3 Å². The quantitative estimate of drug-likeness (QED) is 0.863. The number of amides is 2. The van der Waals surface area contributed by atoms with Crippen LogP contribution in [-0.4, -0.2) is 40.3 Å². The van der Waals surface area contributed by atoms with Gasteiger partial charge in [-0.15, -0.1) is 0 Å². The number of aliphatic carboxylic acids is 1. The summed E-state index contributed by atoms with van der Waals surface area (Å²) in [6.45, 7) is 4.75. The number of hydrogen-bond acceptors (Lipinski definition) is 4. The number of nitrogens with zero attached hydrogens (tertiary/aromatic N) is 2. The van der Waals surface area contributed by atoms with Crippen molar-refractivity contribution in [2.24, 2.45) is 5.41 Å². The second-order valence-electron chi connectivity index (χ2n) is 5.59. The molecule has 1 unspecified atom stereocenters. The second kappa shape index (κ2) is 6.15. The molecule has 0 aliphatic carbocycles. The minimum Gasteiger partial charge on any atom is -0.481 e. The van der Waals surface area contributed by atoms with E-state index in [4.69, 9.17) is 4.52 Å². The molecule has 1 aliphatic rings. The molecule has 1 saturated heterocycles. The molecule has 1 atom stereocenters. The SMILES string of the molecule is CCCC1(C(=O)O)CCN(C(=O)NCc2cc(C)on2)C1. The van der Waals surface area contributed by atoms with E-state index in [2.05, 4.69) is 10.5 Å². The van der Waals surface area contributed by atoms with Crippen molar-refractivity contribution in [1.29, 1.82) is 0 Å². The van der Waals surface area contributed by atoms with Crippen molar-refractivity contribution in [3.8, 4) is 0 Å². The van der Waals surface area contributed by atoms with Gasteiger partial charge in [0, 0.05) is 19.2 Å². The Balaban J connectivity index is 1.91. The van der Waals surface area contributed by atoms with Gasteiger partial charge >= 0.3 is 12.0 Å². The Hall–Kier alpha value is -2.05. The maximum absolute atomic E-state index is 12.1. The molecule has 116 valence electrons. The van der Waals surface area contributed by atoms with Crippen molar-refractivity contribution in [2.75, 3.05) is 13.1 Å². The monoisotopic (exact) mass is 295 g/mol. The predicted molar refractivity (Wildman–Crippen MR) is 74.6 cm³/mol. The van der Waals surface area contributed by atoms with Crippen LogP contribution < -0.4 is 5.32 Å². The highest BCUT2D eigenvalue weighted by Gasteiger charge is 2.45. The summed E-state index contributed by atoms with van der Waals surface area (Å²) in [7, 11) is 0. The fourth-order valence-electron chi connectivity index (χ4n) is 2.79. The summed E-state index contributed by atoms with van der Waals surface area (Å²) in [5.41, 5.74) is -0.144. The molecule has 0 bridgehead atoms. The van der Waals surface area contributed by atoms with E-state index in [0.717, 1.165) is 6.42 Å². The molecule has 2 amide bonds. The lowest BCUT2D eigenvalue weighted by molar-refractivity contribution is -0.148. The number of aryl methyl sites for hydroxylation is 1. The fraction of sp³-hybridized carbons (Fsp3) is 0.643. The summed E-state index contributed by atoms with van der Waals surface area (Å²) < 4.78 is 4.93. The summed E-state index contributed by atoms with van der Waals surface area (Å²) in [6.07, 6.45) is 1.89. The highest BCUT2D eigenvalue weighted by molar-refractivity contribution is 5.79. The van der Waals surface area contributed by atoms with Gasteiger partial charge in [0.2, 0.25) is 0 Å². The first-order valence-electron chi connectivity index (χ1n) is 7.15. The fourth-order valence-corrected chi connectivity index (χ4v) is 2.79. The lowest BCUT2D eigenvalue weighted by atomic mass is 9.83. The minimum absolute atomic E-state index is 0.255. The Morgan fingerprint density at radius 2 is 2.33 bits per heavy atom. The number of rotatable bonds is 5. The van der Waals surface area contributed by atoms with E-state index < -0.39 is 11.4 Å². The Morgan fingerprint density at radius 3 is 2.90 bits per heavy atom. The van der Waals surface area contributed by atoms with Gasteiger partial charge < -0.3 is 19.8 Å². The molecule has 2 rings (SSSR count). The molecule has 1 aromatic heterocycles. The lowest BCUT2D eigenvalue weighted by Crippen LogP contribution is -2.41. The predicted octanol–water partition coefficient (Wildman–Crippen LogP) is 1.77. The summed E-state index contributed by atoms with van der Waals surface area (Å²) in [5.74, 6) is -0.125. The van der Waals surface area contributed by atoms with E-state index in [0.29, 0.717) is 30.8 Å². The molecule has 0 aromatic carbocycles. The second-order valence-corrected chi connectivity index (χ2v) is 5.59. The zero-order valence-electron chi connectivity index (χ0n) is 12.4. The van der Waals surface area contributed by atoms with Crippen LogP contribution in [0.15, 0.2) is 10.6 Å². The number of urea groups is 1. The van der Waals surface area contributed by atoms with Crippen molar-refractivity contribution in [2.45, 2.75) is 39.7 Å². The highest BCUT2D eigenvalue weighted by atomic mass is 16.5. The van der Waals surface area contributed by atoms with E-state index in [1.807, 2.05) is 6.92 Å². The third kappa shape index (κ3) is 3.34. The van der Waals surface area contributed by atoms with Gasteiger partial charge in [0.25, 0.3) is 0 Å². The number of carboxylic acid groups (broad SMARTS) is 1. The standard InChI is InChI=1S/C14H21N3O4/c1-3-4-14(12(18)19)5-6-17(9-14)13(20)15-8-11-7-10(2)21-16-11/h7H,3-6,8-9H2,1-2H3,(H,15,20)(H,18,19). The molecule has 2 heterocycles. The van der Waals surface area contributed by atoms with Gasteiger partial charge in [0.1, 0.15) is 11.5 Å². The van der Waals surface area contributed by atoms with Crippen molar-refractivity contribution >= 4 is 12.0 Å². The largest absolute Gasteiger partial charge is 0.481 e. The zero-order chi connectivity index (χ0) is 15.5. The average molecular weight is 295 g/mol. The lowest BCUT2D eigenvalue weighted by Gasteiger charge is -2.24. The molecule has 0 saturated carbocycles. The summed E-state index contributed by atoms with van der Waals surface area (Å²) >= 11 is 0. The number of carboxylic acids is 1. The van der Waals surface area contributed by atoms with E-state index in [9.17, 15) is 14.7 Å². The molecular weight excluding hydrogens is 274 g/mol. The molecule has 1 aliphatic heterocycles. The first-order chi connectivity index (χ1) is 9.97. The molecular formula is C14H21N3O4. The Labute approximate surface area is 123 Å². The molecule has 1 fully saturated rings. The molecule has 0 spiro atoms. The Morgan fingerprint density at radius 1 is 1.57 bits per heavy atom. The van der Waals surface area contributed by atoms with Gasteiger partial charge in [-0.25, -0.2) is 4.79 Å². The van der Waals surface area contributed by atoms with Crippen LogP contribution in [0.25, 0.3) is 0 Å². The number of likely N-dealkylation sites (tertiary alicyclic amines) is 1. The first kappa shape index (κ1) is 15.3. The molecule has 0 radical (unpaired) electrons. The molecule has 7 nitrogen and oxygen atoms in total. The number of hydrogen-bond donors (Lipinski definition) is 2. The van der Waals surface area contributed by atoms with Gasteiger partial charge in [0.05, 0.1) is 12.0 Å². The van der Waals surface area contributed by atoms with E-state index in [-0.39, 0.29) is 19.1 Å². The first-order valence-corrected chi connectivity index (χ1v) is 7.15. The normalized spacial score (nSPS) is 21.5. The average Bonchev–Trinajstić information content (AvgIpc) is 3.04. The third-order valence-corrected chi connectivity index (χ3v) is 3.92. The summed E-state index contributed by atoms with van der Waals surface area (Å²) in [4.78, 5) is 25.2. The van der Waals surface area contributed by atoms with Crippen LogP contribution in [0.3, 0.4) is 0 Å². The molecule has 1 aromatic rings. The Kier molecular flexibility index (Phi) is 4.50. The van der Waals surface area contributed by atoms with Crippen molar-refractivity contribution in [3.63, 3.8) is 0 Å². The Bertz CT molecular complexity index is 528. The number of aromatic nitrogens is 1. The molecule has 21 heavy (non-hydrogen) atoms. The van der Waals surface area contributed by atoms with Gasteiger partial charge in [0.15, 0.2) is 0 Å². The van der Waals surface area contributed by atoms with Crippen LogP contribution >= 0.6 is 0 Å². The minimum atomic E-state index is -0.813. The van der Waals surface area contributed by atoms with E-state index >= 15 is 0 Å². The number of carbonyl (C=O) groups is 2. The molecule has 7 heteroatoms. The number of nitrogens with one attached hydrogen (secondary N) is 1. The van der Waals surface area contributed by atoms with Crippen LogP contribution in [0.2, 0.25) is 0 Å². The summed E-state index contributed by atoms with van der Waals surface area (Å²) in [6, 6.07) is 1.50. The topological polar surface area (TPSA) is 95.7 Å². The van der Waals surface area contributed by atoms with Crippen LogP contribution in [0.4, 0.5) is 4.79 Å². The van der Waals surface area contributed by atoms with Crippen LogP contribution in [-0.2, 0) is 11.3 Å². The van der Waals surface area contributed by atoms with Crippen LogP contribution in [0.5, 0.6) is 0 Å². The summed E-state index contributed by atoms with van der Waals surface area (Å²) in [5, 5.41) is 16.0. The van der Waals surface area contributed by atoms with E-state index in [1.165, 1.54) is 0 Å². The van der Waals surface area contributed by atoms with Crippen LogP contribution in [0.1, 0.15) is 37.6 Å². The van der Waals surface area contributed by atoms with Crippen molar-refractivity contribution in [1.82, 2.24) is 15.4 Å². The van der Waals surface area contributed by atoms with Crippen molar-refractivity contribution < 1.29 is 19.2 Å². The van der Waals surface area contributed by atoms with Crippen molar-refractivity contribution in [3.05, 3.63) is 17.5 Å². The van der Waals surface area contributed by atoms with Gasteiger partial charge in [-0.3, -0.25) is 4.79 Å². The van der Waals surface area contributed by atoms with Gasteiger partial charge in [-0.05, 0) is 19.8 Å². The maximum atomic E-state index is 12.1. The number of carbonyl (C=O) groups excluding carboxylic acids is 1. The van der Waals surface area contributed by atoms with E-state index in [1.54, 1.807) is 17.9 Å². The van der Waals surface area contributed by atoms with Gasteiger partial charge in [-0.1, -0.05) is 18.5 Å². The third-order valence-electron chi connectivity index (χ3n) is 3.92. The smallest absolute Gasteiger partial charge is 0.317 e. The van der Waals surface area contributed by atoms with Gasteiger partial charge in [-0.2, -0.15) is 0 Å². The maximum Gasteiger partial charge on any atom is 0.317 e. The zero-order valence-corrected chi connectivity index (χ0v) is 12.4. The highest BCUT2D eigenvalue weighted by Crippen LogP contribution is 2.35. The molecule has 2 N–H and O–H groups in total.